The average molecular weight is 357 g/mol. The molecule has 25 heavy (non-hydrogen) atoms. The number of rotatable bonds is 4. The summed E-state index contributed by atoms with van der Waals surface area (Å²) in [5.41, 5.74) is 3.26. The standard InChI is InChI=1S/C16H13NO2.C3H6O2S/c1-18-13-8-6-12(7-9-13)14-4-2-3-5-15(14)16-10-17-11-19-16;1-2(6)3(4)5/h2-11H,1H3;2,6H,1H3,(H,4,5). The smallest absolute Gasteiger partial charge is 0.316 e. The van der Waals surface area contributed by atoms with Gasteiger partial charge in [0.25, 0.3) is 0 Å². The molecular weight excluding hydrogens is 338 g/mol. The van der Waals surface area contributed by atoms with Crippen molar-refractivity contribution in [3.63, 3.8) is 0 Å². The van der Waals surface area contributed by atoms with Gasteiger partial charge < -0.3 is 14.3 Å². The number of hydrogen-bond donors (Lipinski definition) is 2. The third-order valence-corrected chi connectivity index (χ3v) is 3.60. The average Bonchev–Trinajstić information content (AvgIpc) is 3.17. The molecule has 0 radical (unpaired) electrons. The van der Waals surface area contributed by atoms with Crippen LogP contribution in [0.3, 0.4) is 0 Å². The fraction of sp³-hybridized carbons (Fsp3) is 0.158. The summed E-state index contributed by atoms with van der Waals surface area (Å²) in [5, 5.41) is 7.38. The van der Waals surface area contributed by atoms with Crippen LogP contribution in [-0.4, -0.2) is 28.4 Å². The lowest BCUT2D eigenvalue weighted by molar-refractivity contribution is -0.136. The SMILES string of the molecule is CC(S)C(=O)O.COc1ccc(-c2ccccc2-c2cnco2)cc1. The molecule has 0 aliphatic heterocycles. The Bertz CT molecular complexity index is 799. The maximum atomic E-state index is 9.62. The predicted molar refractivity (Wildman–Crippen MR) is 100 cm³/mol. The van der Waals surface area contributed by atoms with Gasteiger partial charge in [-0.15, -0.1) is 0 Å². The van der Waals surface area contributed by atoms with Crippen LogP contribution >= 0.6 is 12.6 Å². The molecule has 0 fully saturated rings. The van der Waals surface area contributed by atoms with Crippen LogP contribution in [0, 0.1) is 0 Å². The van der Waals surface area contributed by atoms with E-state index in [1.54, 1.807) is 13.3 Å². The van der Waals surface area contributed by atoms with E-state index in [4.69, 9.17) is 14.3 Å². The lowest BCUT2D eigenvalue weighted by Gasteiger charge is -2.08. The van der Waals surface area contributed by atoms with Gasteiger partial charge in [0.15, 0.2) is 12.2 Å². The highest BCUT2D eigenvalue weighted by Crippen LogP contribution is 2.32. The number of methoxy groups -OCH3 is 1. The van der Waals surface area contributed by atoms with Crippen molar-refractivity contribution >= 4 is 18.6 Å². The molecule has 1 aromatic heterocycles. The monoisotopic (exact) mass is 357 g/mol. The van der Waals surface area contributed by atoms with Crippen LogP contribution in [0.5, 0.6) is 5.75 Å². The first-order chi connectivity index (χ1) is 12.0. The Kier molecular flexibility index (Phi) is 6.65. The van der Waals surface area contributed by atoms with Crippen LogP contribution in [0.1, 0.15) is 6.92 Å². The van der Waals surface area contributed by atoms with Crippen molar-refractivity contribution in [3.8, 4) is 28.2 Å². The summed E-state index contributed by atoms with van der Waals surface area (Å²) in [4.78, 5) is 13.6. The second-order valence-electron chi connectivity index (χ2n) is 5.15. The normalized spacial score (nSPS) is 11.2. The second-order valence-corrected chi connectivity index (χ2v) is 5.93. The Labute approximate surface area is 151 Å². The van der Waals surface area contributed by atoms with Gasteiger partial charge in [0, 0.05) is 5.56 Å². The third-order valence-electron chi connectivity index (χ3n) is 3.38. The highest BCUT2D eigenvalue weighted by Gasteiger charge is 2.09. The van der Waals surface area contributed by atoms with E-state index in [-0.39, 0.29) is 0 Å². The van der Waals surface area contributed by atoms with Crippen LogP contribution < -0.4 is 4.74 Å². The van der Waals surface area contributed by atoms with E-state index in [0.29, 0.717) is 0 Å². The fourth-order valence-electron chi connectivity index (χ4n) is 2.07. The zero-order chi connectivity index (χ0) is 18.2. The number of nitrogens with zero attached hydrogens (tertiary/aromatic N) is 1. The van der Waals surface area contributed by atoms with Gasteiger partial charge in [-0.3, -0.25) is 4.79 Å². The van der Waals surface area contributed by atoms with E-state index in [0.717, 1.165) is 28.2 Å². The Hall–Kier alpha value is -2.73. The molecule has 0 amide bonds. The van der Waals surface area contributed by atoms with Gasteiger partial charge in [0.1, 0.15) is 5.75 Å². The molecular formula is C19H19NO4S. The molecule has 0 saturated heterocycles. The van der Waals surface area contributed by atoms with Gasteiger partial charge in [0.2, 0.25) is 0 Å². The number of carboxylic acid groups (broad SMARTS) is 1. The molecule has 3 aromatic rings. The summed E-state index contributed by atoms with van der Waals surface area (Å²) in [6.45, 7) is 1.51. The van der Waals surface area contributed by atoms with Crippen LogP contribution in [0.15, 0.2) is 65.5 Å². The summed E-state index contributed by atoms with van der Waals surface area (Å²) < 4.78 is 10.6. The van der Waals surface area contributed by atoms with Crippen molar-refractivity contribution in [3.05, 3.63) is 61.1 Å². The highest BCUT2D eigenvalue weighted by molar-refractivity contribution is 7.81. The first-order valence-electron chi connectivity index (χ1n) is 7.56. The van der Waals surface area contributed by atoms with Gasteiger partial charge in [-0.1, -0.05) is 36.4 Å². The topological polar surface area (TPSA) is 72.6 Å². The molecule has 0 spiro atoms. The minimum absolute atomic E-state index is 0.537. The molecule has 1 heterocycles. The van der Waals surface area contributed by atoms with Gasteiger partial charge in [-0.2, -0.15) is 12.6 Å². The Morgan fingerprint density at radius 1 is 1.16 bits per heavy atom. The van der Waals surface area contributed by atoms with Crippen molar-refractivity contribution in [2.75, 3.05) is 7.11 Å². The first-order valence-corrected chi connectivity index (χ1v) is 8.07. The third kappa shape index (κ3) is 5.12. The van der Waals surface area contributed by atoms with Crippen LogP contribution in [0.2, 0.25) is 0 Å². The van der Waals surface area contributed by atoms with Crippen LogP contribution in [-0.2, 0) is 4.79 Å². The molecule has 2 aromatic carbocycles. The molecule has 1 atom stereocenters. The number of benzene rings is 2. The van der Waals surface area contributed by atoms with Crippen molar-refractivity contribution in [2.24, 2.45) is 0 Å². The Balaban J connectivity index is 0.000000326. The van der Waals surface area contributed by atoms with Crippen molar-refractivity contribution in [2.45, 2.75) is 12.2 Å². The first kappa shape index (κ1) is 18.6. The summed E-state index contributed by atoms with van der Waals surface area (Å²) in [7, 11) is 1.66. The molecule has 130 valence electrons. The largest absolute Gasteiger partial charge is 0.497 e. The van der Waals surface area contributed by atoms with Crippen molar-refractivity contribution in [1.29, 1.82) is 0 Å². The van der Waals surface area contributed by atoms with Gasteiger partial charge in [0.05, 0.1) is 18.6 Å². The zero-order valence-electron chi connectivity index (χ0n) is 13.9. The molecule has 0 bridgehead atoms. The van der Waals surface area contributed by atoms with Crippen LogP contribution in [0.25, 0.3) is 22.5 Å². The minimum atomic E-state index is -0.877. The Morgan fingerprint density at radius 2 is 1.76 bits per heavy atom. The number of carboxylic acids is 1. The van der Waals surface area contributed by atoms with E-state index >= 15 is 0 Å². The Morgan fingerprint density at radius 3 is 2.24 bits per heavy atom. The lowest BCUT2D eigenvalue weighted by Crippen LogP contribution is -2.06. The van der Waals surface area contributed by atoms with E-state index in [9.17, 15) is 4.79 Å². The summed E-state index contributed by atoms with van der Waals surface area (Å²) in [6.07, 6.45) is 3.17. The summed E-state index contributed by atoms with van der Waals surface area (Å²) in [6, 6.07) is 16.1. The number of thiol groups is 1. The maximum Gasteiger partial charge on any atom is 0.316 e. The highest BCUT2D eigenvalue weighted by atomic mass is 32.1. The van der Waals surface area contributed by atoms with E-state index in [2.05, 4.69) is 23.7 Å². The number of hydrogen-bond acceptors (Lipinski definition) is 5. The number of aliphatic carboxylic acids is 1. The van der Waals surface area contributed by atoms with Crippen LogP contribution in [0.4, 0.5) is 0 Å². The van der Waals surface area contributed by atoms with Crippen molar-refractivity contribution < 1.29 is 19.1 Å². The number of aromatic nitrogens is 1. The van der Waals surface area contributed by atoms with E-state index < -0.39 is 11.2 Å². The lowest BCUT2D eigenvalue weighted by atomic mass is 9.98. The van der Waals surface area contributed by atoms with E-state index in [1.165, 1.54) is 13.3 Å². The number of oxazole rings is 1. The molecule has 1 N–H and O–H groups in total. The predicted octanol–water partition coefficient (Wildman–Crippen LogP) is 4.41. The molecule has 0 aliphatic rings. The van der Waals surface area contributed by atoms with E-state index in [1.807, 2.05) is 42.5 Å². The molecule has 0 aliphatic carbocycles. The quantitative estimate of drug-likeness (QED) is 0.677. The summed E-state index contributed by atoms with van der Waals surface area (Å²) >= 11 is 3.59. The van der Waals surface area contributed by atoms with Crippen molar-refractivity contribution in [1.82, 2.24) is 4.98 Å². The molecule has 1 unspecified atom stereocenters. The second kappa shape index (κ2) is 8.94. The maximum absolute atomic E-state index is 9.62. The molecule has 5 nitrogen and oxygen atoms in total. The number of carbonyl (C=O) groups is 1. The minimum Gasteiger partial charge on any atom is -0.497 e. The molecule has 6 heteroatoms. The van der Waals surface area contributed by atoms with Gasteiger partial charge in [-0.05, 0) is 30.2 Å². The number of ether oxygens (including phenoxy) is 1. The fourth-order valence-corrected chi connectivity index (χ4v) is 2.07. The van der Waals surface area contributed by atoms with Gasteiger partial charge >= 0.3 is 5.97 Å². The zero-order valence-corrected chi connectivity index (χ0v) is 14.8. The summed E-state index contributed by atoms with van der Waals surface area (Å²) in [5.74, 6) is 0.741. The van der Waals surface area contributed by atoms with Gasteiger partial charge in [-0.25, -0.2) is 4.98 Å². The molecule has 0 saturated carbocycles. The molecule has 3 rings (SSSR count).